The molecule has 1 fully saturated rings. The minimum Gasteiger partial charge on any atom is -0.462 e. The summed E-state index contributed by atoms with van der Waals surface area (Å²) in [5.74, 6) is -0.903. The fourth-order valence-electron chi connectivity index (χ4n) is 2.88. The summed E-state index contributed by atoms with van der Waals surface area (Å²) in [6.07, 6.45) is 0.473. The molecule has 0 aliphatic carbocycles. The lowest BCUT2D eigenvalue weighted by atomic mass is 10.1. The molecule has 0 unspecified atom stereocenters. The van der Waals surface area contributed by atoms with Crippen molar-refractivity contribution in [2.45, 2.75) is 18.6 Å². The number of hydrogen-bond acceptors (Lipinski definition) is 5. The van der Waals surface area contributed by atoms with Crippen LogP contribution >= 0.6 is 43.6 Å². The SMILES string of the molecule is CCOC(=O)/C(C#N)=C1/S[C@@H](Cc2cccc(Br)c2)C(=O)N1c1ccc(Br)cc1. The van der Waals surface area contributed by atoms with E-state index in [2.05, 4.69) is 31.9 Å². The molecule has 148 valence electrons. The van der Waals surface area contributed by atoms with Gasteiger partial charge in [-0.05, 0) is 55.3 Å². The van der Waals surface area contributed by atoms with Gasteiger partial charge in [0.2, 0.25) is 5.91 Å². The Morgan fingerprint density at radius 2 is 1.93 bits per heavy atom. The Bertz CT molecular complexity index is 1020. The van der Waals surface area contributed by atoms with Crippen LogP contribution in [0.3, 0.4) is 0 Å². The zero-order chi connectivity index (χ0) is 21.0. The highest BCUT2D eigenvalue weighted by molar-refractivity contribution is 9.10. The highest BCUT2D eigenvalue weighted by Crippen LogP contribution is 2.42. The Morgan fingerprint density at radius 3 is 2.55 bits per heavy atom. The molecule has 5 nitrogen and oxygen atoms in total. The lowest BCUT2D eigenvalue weighted by Gasteiger charge is -2.18. The minimum atomic E-state index is -0.726. The highest BCUT2D eigenvalue weighted by Gasteiger charge is 2.41. The first-order valence-electron chi connectivity index (χ1n) is 8.76. The smallest absolute Gasteiger partial charge is 0.351 e. The molecule has 2 aromatic carbocycles. The average molecular weight is 536 g/mol. The van der Waals surface area contributed by atoms with Gasteiger partial charge in [0.1, 0.15) is 11.1 Å². The molecule has 1 saturated heterocycles. The molecule has 2 aromatic rings. The van der Waals surface area contributed by atoms with Crippen molar-refractivity contribution < 1.29 is 14.3 Å². The number of ether oxygens (including phenoxy) is 1. The van der Waals surface area contributed by atoms with Crippen molar-refractivity contribution in [1.82, 2.24) is 0 Å². The number of anilines is 1. The summed E-state index contributed by atoms with van der Waals surface area (Å²) in [7, 11) is 0. The standard InChI is InChI=1S/C21H16Br2N2O3S/c1-2-28-21(27)17(12-24)20-25(16-8-6-14(22)7-9-16)19(26)18(29-20)11-13-4-3-5-15(23)10-13/h3-10,18H,2,11H2,1H3/b20-17+/t18-/m0/s1. The van der Waals surface area contributed by atoms with Crippen LogP contribution in [0.1, 0.15) is 12.5 Å². The molecule has 8 heteroatoms. The van der Waals surface area contributed by atoms with E-state index in [1.54, 1.807) is 19.1 Å². The van der Waals surface area contributed by atoms with E-state index in [1.165, 1.54) is 16.7 Å². The molecule has 1 heterocycles. The third kappa shape index (κ3) is 4.92. The summed E-state index contributed by atoms with van der Waals surface area (Å²) < 4.78 is 6.82. The fraction of sp³-hybridized carbons (Fsp3) is 0.190. The van der Waals surface area contributed by atoms with Gasteiger partial charge in [-0.25, -0.2) is 4.79 Å². The Labute approximate surface area is 190 Å². The molecule has 0 aromatic heterocycles. The van der Waals surface area contributed by atoms with Gasteiger partial charge in [0.05, 0.1) is 11.9 Å². The van der Waals surface area contributed by atoms with Gasteiger partial charge in [0.25, 0.3) is 0 Å². The fourth-order valence-corrected chi connectivity index (χ4v) is 4.89. The largest absolute Gasteiger partial charge is 0.462 e. The zero-order valence-corrected chi connectivity index (χ0v) is 19.4. The van der Waals surface area contributed by atoms with Crippen LogP contribution in [0.4, 0.5) is 5.69 Å². The normalized spacial score (nSPS) is 17.8. The van der Waals surface area contributed by atoms with E-state index in [0.29, 0.717) is 17.1 Å². The summed E-state index contributed by atoms with van der Waals surface area (Å²) in [6.45, 7) is 1.82. The van der Waals surface area contributed by atoms with Gasteiger partial charge in [-0.15, -0.1) is 0 Å². The van der Waals surface area contributed by atoms with Crippen molar-refractivity contribution in [2.75, 3.05) is 11.5 Å². The van der Waals surface area contributed by atoms with Gasteiger partial charge >= 0.3 is 5.97 Å². The molecule has 1 aliphatic rings. The number of nitriles is 1. The molecular formula is C21H16Br2N2O3S. The van der Waals surface area contributed by atoms with Crippen LogP contribution in [0.2, 0.25) is 0 Å². The molecule has 1 aliphatic heterocycles. The monoisotopic (exact) mass is 534 g/mol. The van der Waals surface area contributed by atoms with Gasteiger partial charge in [-0.2, -0.15) is 5.26 Å². The van der Waals surface area contributed by atoms with Crippen LogP contribution in [0.15, 0.2) is 68.1 Å². The number of carbonyl (C=O) groups is 2. The Morgan fingerprint density at radius 1 is 1.21 bits per heavy atom. The van der Waals surface area contributed by atoms with Crippen LogP contribution in [0.5, 0.6) is 0 Å². The number of benzene rings is 2. The lowest BCUT2D eigenvalue weighted by molar-refractivity contribution is -0.138. The van der Waals surface area contributed by atoms with Crippen LogP contribution in [0, 0.1) is 11.3 Å². The van der Waals surface area contributed by atoms with Crippen molar-refractivity contribution in [3.8, 4) is 6.07 Å². The molecule has 0 saturated carbocycles. The van der Waals surface area contributed by atoms with Crippen LogP contribution < -0.4 is 4.90 Å². The van der Waals surface area contributed by atoms with Gasteiger partial charge in [-0.1, -0.05) is 55.8 Å². The molecule has 3 rings (SSSR count). The van der Waals surface area contributed by atoms with E-state index in [-0.39, 0.29) is 18.1 Å². The first kappa shape index (κ1) is 21.6. The molecule has 1 atom stereocenters. The summed E-state index contributed by atoms with van der Waals surface area (Å²) in [5, 5.41) is 9.46. The van der Waals surface area contributed by atoms with Gasteiger partial charge in [0.15, 0.2) is 5.57 Å². The predicted octanol–water partition coefficient (Wildman–Crippen LogP) is 5.20. The second-order valence-corrected chi connectivity index (χ2v) is 9.13. The summed E-state index contributed by atoms with van der Waals surface area (Å²) in [5.41, 5.74) is 1.41. The minimum absolute atomic E-state index is 0.148. The summed E-state index contributed by atoms with van der Waals surface area (Å²) in [6, 6.07) is 16.8. The average Bonchev–Trinajstić information content (AvgIpc) is 2.99. The topological polar surface area (TPSA) is 70.4 Å². The van der Waals surface area contributed by atoms with Gasteiger partial charge < -0.3 is 4.74 Å². The number of esters is 1. The summed E-state index contributed by atoms with van der Waals surface area (Å²) >= 11 is 8.05. The van der Waals surface area contributed by atoms with Crippen molar-refractivity contribution in [3.05, 3.63) is 73.6 Å². The molecule has 0 N–H and O–H groups in total. The Hall–Kier alpha value is -2.08. The van der Waals surface area contributed by atoms with Crippen molar-refractivity contribution in [3.63, 3.8) is 0 Å². The summed E-state index contributed by atoms with van der Waals surface area (Å²) in [4.78, 5) is 27.1. The molecule has 0 bridgehead atoms. The van der Waals surface area contributed by atoms with Crippen molar-refractivity contribution >= 4 is 61.2 Å². The third-order valence-electron chi connectivity index (χ3n) is 4.15. The molecule has 29 heavy (non-hydrogen) atoms. The molecule has 1 amide bonds. The van der Waals surface area contributed by atoms with E-state index in [1.807, 2.05) is 42.5 Å². The van der Waals surface area contributed by atoms with Crippen LogP contribution in [0.25, 0.3) is 0 Å². The third-order valence-corrected chi connectivity index (χ3v) is 6.44. The number of carbonyl (C=O) groups excluding carboxylic acids is 2. The quantitative estimate of drug-likeness (QED) is 0.299. The number of nitrogens with zero attached hydrogens (tertiary/aromatic N) is 2. The number of amides is 1. The van der Waals surface area contributed by atoms with Gasteiger partial charge in [-0.3, -0.25) is 9.69 Å². The van der Waals surface area contributed by atoms with Gasteiger partial charge in [0, 0.05) is 14.6 Å². The maximum Gasteiger partial charge on any atom is 0.351 e. The highest BCUT2D eigenvalue weighted by atomic mass is 79.9. The number of rotatable bonds is 5. The zero-order valence-electron chi connectivity index (χ0n) is 15.4. The number of thioether (sulfide) groups is 1. The predicted molar refractivity (Wildman–Crippen MR) is 120 cm³/mol. The number of hydrogen-bond donors (Lipinski definition) is 0. The van der Waals surface area contributed by atoms with E-state index >= 15 is 0 Å². The van der Waals surface area contributed by atoms with Crippen molar-refractivity contribution in [2.24, 2.45) is 0 Å². The van der Waals surface area contributed by atoms with Crippen LogP contribution in [-0.2, 0) is 20.7 Å². The van der Waals surface area contributed by atoms with E-state index in [4.69, 9.17) is 4.74 Å². The molecular weight excluding hydrogens is 520 g/mol. The van der Waals surface area contributed by atoms with E-state index < -0.39 is 11.2 Å². The first-order valence-corrected chi connectivity index (χ1v) is 11.2. The van der Waals surface area contributed by atoms with E-state index in [9.17, 15) is 14.9 Å². The second-order valence-electron chi connectivity index (χ2n) is 6.10. The van der Waals surface area contributed by atoms with E-state index in [0.717, 1.165) is 14.5 Å². The maximum absolute atomic E-state index is 13.3. The first-order chi connectivity index (χ1) is 13.9. The Balaban J connectivity index is 2.03. The Kier molecular flexibility index (Phi) is 7.17. The molecule has 0 spiro atoms. The molecule has 0 radical (unpaired) electrons. The lowest BCUT2D eigenvalue weighted by Crippen LogP contribution is -2.30. The van der Waals surface area contributed by atoms with Crippen LogP contribution in [-0.4, -0.2) is 23.7 Å². The maximum atomic E-state index is 13.3. The van der Waals surface area contributed by atoms with Crippen molar-refractivity contribution in [1.29, 1.82) is 5.26 Å². The number of halogens is 2. The second kappa shape index (κ2) is 9.61.